The molecule has 0 aromatic carbocycles. The van der Waals surface area contributed by atoms with E-state index in [-0.39, 0.29) is 38.3 Å². The van der Waals surface area contributed by atoms with Crippen LogP contribution in [0.1, 0.15) is 44.9 Å². The molecule has 4 nitrogen and oxygen atoms in total. The molecule has 0 atom stereocenters. The summed E-state index contributed by atoms with van der Waals surface area (Å²) in [6.45, 7) is 0.232. The van der Waals surface area contributed by atoms with Crippen molar-refractivity contribution >= 4 is 12.6 Å². The molecule has 0 radical (unpaired) electrons. The van der Waals surface area contributed by atoms with Crippen LogP contribution in [-0.2, 0) is 0 Å². The van der Waals surface area contributed by atoms with Crippen molar-refractivity contribution in [3.63, 3.8) is 0 Å². The maximum Gasteiger partial charge on any atom is 0.0481 e. The molecule has 0 fully saturated rings. The zero-order chi connectivity index (χ0) is 15.2. The van der Waals surface area contributed by atoms with Gasteiger partial charge in [-0.15, -0.1) is 0 Å². The molecule has 4 N–H and O–H groups in total. The van der Waals surface area contributed by atoms with E-state index in [2.05, 4.69) is 12.6 Å². The van der Waals surface area contributed by atoms with Crippen LogP contribution in [0.15, 0.2) is 0 Å². The molecule has 0 aromatic rings. The summed E-state index contributed by atoms with van der Waals surface area (Å²) < 4.78 is 0. The molecule has 122 valence electrons. The Balaban J connectivity index is 3.85. The van der Waals surface area contributed by atoms with Gasteiger partial charge in [-0.25, -0.2) is 0 Å². The topological polar surface area (TPSA) is 80.9 Å². The predicted molar refractivity (Wildman–Crippen MR) is 85.0 cm³/mol. The first-order chi connectivity index (χ1) is 9.71. The zero-order valence-corrected chi connectivity index (χ0v) is 13.3. The van der Waals surface area contributed by atoms with Gasteiger partial charge in [-0.1, -0.05) is 25.7 Å². The minimum Gasteiger partial charge on any atom is -0.396 e. The molecular formula is C15H32O4S. The molecule has 0 spiro atoms. The van der Waals surface area contributed by atoms with Crippen molar-refractivity contribution in [1.82, 2.24) is 0 Å². The highest BCUT2D eigenvalue weighted by atomic mass is 32.1. The van der Waals surface area contributed by atoms with Crippen molar-refractivity contribution in [3.8, 4) is 0 Å². The lowest BCUT2D eigenvalue weighted by Gasteiger charge is -2.18. The number of hydrogen-bond acceptors (Lipinski definition) is 5. The van der Waals surface area contributed by atoms with Gasteiger partial charge in [0, 0.05) is 38.3 Å². The minimum atomic E-state index is 0.0137. The second-order valence-corrected chi connectivity index (χ2v) is 6.15. The Morgan fingerprint density at radius 3 is 1.20 bits per heavy atom. The Kier molecular flexibility index (Phi) is 14.3. The lowest BCUT2D eigenvalue weighted by molar-refractivity contribution is 0.137. The smallest absolute Gasteiger partial charge is 0.0481 e. The van der Waals surface area contributed by atoms with Gasteiger partial charge in [0.25, 0.3) is 0 Å². The Labute approximate surface area is 128 Å². The summed E-state index contributed by atoms with van der Waals surface area (Å²) in [6.07, 6.45) is 7.05. The van der Waals surface area contributed by atoms with Crippen molar-refractivity contribution < 1.29 is 20.4 Å². The van der Waals surface area contributed by atoms with Crippen LogP contribution >= 0.6 is 12.6 Å². The first-order valence-corrected chi connectivity index (χ1v) is 8.39. The third-order valence-electron chi connectivity index (χ3n) is 4.02. The minimum absolute atomic E-state index is 0.0137. The van der Waals surface area contributed by atoms with Gasteiger partial charge in [0.1, 0.15) is 0 Å². The highest BCUT2D eigenvalue weighted by Gasteiger charge is 2.12. The van der Waals surface area contributed by atoms with Gasteiger partial charge in [-0.3, -0.25) is 0 Å². The molecule has 0 aromatic heterocycles. The fourth-order valence-electron chi connectivity index (χ4n) is 2.49. The van der Waals surface area contributed by atoms with Crippen molar-refractivity contribution in [2.75, 3.05) is 32.2 Å². The molecule has 0 unspecified atom stereocenters. The van der Waals surface area contributed by atoms with E-state index in [9.17, 15) is 0 Å². The maximum absolute atomic E-state index is 9.03. The largest absolute Gasteiger partial charge is 0.396 e. The Morgan fingerprint density at radius 1 is 0.550 bits per heavy atom. The van der Waals surface area contributed by atoms with Gasteiger partial charge in [0.15, 0.2) is 0 Å². The van der Waals surface area contributed by atoms with Crippen molar-refractivity contribution in [1.29, 1.82) is 0 Å². The fraction of sp³-hybridized carbons (Fsp3) is 1.00. The van der Waals surface area contributed by atoms with Crippen LogP contribution in [-0.4, -0.2) is 52.6 Å². The van der Waals surface area contributed by atoms with Crippen LogP contribution in [0.5, 0.6) is 0 Å². The monoisotopic (exact) mass is 308 g/mol. The lowest BCUT2D eigenvalue weighted by atomic mass is 9.90. The van der Waals surface area contributed by atoms with E-state index in [0.29, 0.717) is 5.92 Å². The van der Waals surface area contributed by atoms with Gasteiger partial charge in [0.2, 0.25) is 0 Å². The number of thiol groups is 1. The molecule has 0 saturated heterocycles. The summed E-state index contributed by atoms with van der Waals surface area (Å²) in [5.41, 5.74) is 0. The molecule has 0 rings (SSSR count). The number of rotatable bonds is 14. The summed E-state index contributed by atoms with van der Waals surface area (Å²) in [7, 11) is 0. The summed E-state index contributed by atoms with van der Waals surface area (Å²) in [5.74, 6) is 1.51. The molecule has 20 heavy (non-hydrogen) atoms. The summed E-state index contributed by atoms with van der Waals surface area (Å²) >= 11 is 4.30. The average molecular weight is 308 g/mol. The second-order valence-electron chi connectivity index (χ2n) is 5.70. The maximum atomic E-state index is 9.03. The van der Waals surface area contributed by atoms with Gasteiger partial charge >= 0.3 is 0 Å². The van der Waals surface area contributed by atoms with Crippen molar-refractivity contribution in [2.24, 2.45) is 17.8 Å². The third kappa shape index (κ3) is 10.00. The Morgan fingerprint density at radius 2 is 0.900 bits per heavy atom. The zero-order valence-electron chi connectivity index (χ0n) is 12.5. The van der Waals surface area contributed by atoms with E-state index in [0.717, 1.165) is 50.7 Å². The summed E-state index contributed by atoms with van der Waals surface area (Å²) in [6, 6.07) is 0. The van der Waals surface area contributed by atoms with E-state index >= 15 is 0 Å². The van der Waals surface area contributed by atoms with E-state index in [4.69, 9.17) is 20.4 Å². The van der Waals surface area contributed by atoms with Crippen LogP contribution in [0, 0.1) is 17.8 Å². The van der Waals surface area contributed by atoms with Crippen LogP contribution in [0.3, 0.4) is 0 Å². The summed E-state index contributed by atoms with van der Waals surface area (Å²) in [5, 5.41) is 36.1. The molecule has 0 amide bonds. The first-order valence-electron chi connectivity index (χ1n) is 7.76. The van der Waals surface area contributed by atoms with Gasteiger partial charge in [-0.2, -0.15) is 12.6 Å². The molecule has 0 aliphatic carbocycles. The van der Waals surface area contributed by atoms with Gasteiger partial charge < -0.3 is 20.4 Å². The predicted octanol–water partition coefficient (Wildman–Crippen LogP) is 1.46. The molecular weight excluding hydrogens is 276 g/mol. The molecule has 0 heterocycles. The lowest BCUT2D eigenvalue weighted by Crippen LogP contribution is -2.13. The van der Waals surface area contributed by atoms with E-state index < -0.39 is 0 Å². The van der Waals surface area contributed by atoms with E-state index in [1.165, 1.54) is 0 Å². The van der Waals surface area contributed by atoms with Gasteiger partial charge in [0.05, 0.1) is 0 Å². The van der Waals surface area contributed by atoms with E-state index in [1.807, 2.05) is 0 Å². The molecule has 0 aliphatic rings. The fourth-order valence-corrected chi connectivity index (χ4v) is 2.85. The second kappa shape index (κ2) is 14.1. The molecule has 0 aliphatic heterocycles. The number of aliphatic hydroxyl groups excluding tert-OH is 4. The standard InChI is InChI=1S/C15H32O4S/c16-9-14(10-17)5-1-3-13(7-8-20)4-2-6-15(11-18)12-19/h13-20H,1-12H2. The molecule has 0 saturated carbocycles. The van der Waals surface area contributed by atoms with Crippen molar-refractivity contribution in [2.45, 2.75) is 44.9 Å². The third-order valence-corrected chi connectivity index (χ3v) is 4.28. The highest BCUT2D eigenvalue weighted by Crippen LogP contribution is 2.23. The normalized spacial score (nSPS) is 12.0. The molecule has 0 bridgehead atoms. The molecule has 5 heteroatoms. The quantitative estimate of drug-likeness (QED) is 0.315. The Hall–Kier alpha value is 0.190. The SMILES string of the molecule is OCC(CO)CCCC(CCS)CCCC(CO)CO. The van der Waals surface area contributed by atoms with E-state index in [1.54, 1.807) is 0 Å². The first kappa shape index (κ1) is 20.2. The van der Waals surface area contributed by atoms with Crippen LogP contribution in [0.4, 0.5) is 0 Å². The number of aliphatic hydroxyl groups is 4. The van der Waals surface area contributed by atoms with Crippen LogP contribution in [0.25, 0.3) is 0 Å². The average Bonchev–Trinajstić information content (AvgIpc) is 2.48. The van der Waals surface area contributed by atoms with Crippen molar-refractivity contribution in [3.05, 3.63) is 0 Å². The summed E-state index contributed by atoms with van der Waals surface area (Å²) in [4.78, 5) is 0. The number of hydrogen-bond donors (Lipinski definition) is 5. The highest BCUT2D eigenvalue weighted by molar-refractivity contribution is 7.80. The van der Waals surface area contributed by atoms with Gasteiger partial charge in [-0.05, 0) is 30.9 Å². The van der Waals surface area contributed by atoms with Crippen LogP contribution < -0.4 is 0 Å². The Bertz CT molecular complexity index is 178. The van der Waals surface area contributed by atoms with Crippen LogP contribution in [0.2, 0.25) is 0 Å².